The molecule has 1 fully saturated rings. The molecule has 2 N–H and O–H groups in total. The largest absolute Gasteiger partial charge is 0.345 e. The van der Waals surface area contributed by atoms with Crippen LogP contribution in [0.25, 0.3) is 0 Å². The average Bonchev–Trinajstić information content (AvgIpc) is 3.58. The first-order chi connectivity index (χ1) is 21.1. The van der Waals surface area contributed by atoms with Crippen molar-refractivity contribution in [2.24, 2.45) is 10.4 Å². The highest BCUT2D eigenvalue weighted by Crippen LogP contribution is 2.50. The van der Waals surface area contributed by atoms with Crippen LogP contribution < -0.4 is 5.32 Å². The Balaban J connectivity index is 1.51. The molecule has 1 aromatic heterocycles. The zero-order chi connectivity index (χ0) is 32.6. The van der Waals surface area contributed by atoms with Crippen LogP contribution in [0.4, 0.5) is 0 Å². The van der Waals surface area contributed by atoms with Gasteiger partial charge in [-0.3, -0.25) is 14.6 Å². The van der Waals surface area contributed by atoms with Crippen molar-refractivity contribution in [3.05, 3.63) is 75.0 Å². The first kappa shape index (κ1) is 33.3. The molecular formula is C33H43Cl2N7O2Si. The zero-order valence-corrected chi connectivity index (χ0v) is 29.5. The van der Waals surface area contributed by atoms with E-state index in [2.05, 4.69) is 71.3 Å². The SMILES string of the molecule is CC(C)(C)CC[C@H](c1ccc(C(=O)NCc2nn[nH]n2)cc1)N1C(=O)C(c2cc(Cl)cc(Cl)c2)=NC12CCC([Si](C)(C)C)CC2. The lowest BCUT2D eigenvalue weighted by atomic mass is 9.83. The number of nitrogens with zero attached hydrogens (tertiary/aromatic N) is 5. The van der Waals surface area contributed by atoms with E-state index in [9.17, 15) is 9.59 Å². The molecule has 45 heavy (non-hydrogen) atoms. The van der Waals surface area contributed by atoms with Crippen LogP contribution in [0, 0.1) is 5.41 Å². The first-order valence-corrected chi connectivity index (χ1v) is 20.0. The Labute approximate surface area is 276 Å². The Morgan fingerprint density at radius 2 is 1.73 bits per heavy atom. The van der Waals surface area contributed by atoms with Gasteiger partial charge in [0.1, 0.15) is 11.4 Å². The summed E-state index contributed by atoms with van der Waals surface area (Å²) in [5.74, 6) is 0.0702. The highest BCUT2D eigenvalue weighted by Gasteiger charge is 2.53. The maximum Gasteiger partial charge on any atom is 0.275 e. The Morgan fingerprint density at radius 3 is 2.29 bits per heavy atom. The fraction of sp³-hybridized carbons (Fsp3) is 0.515. The molecule has 2 heterocycles. The molecule has 1 aliphatic heterocycles. The van der Waals surface area contributed by atoms with Crippen molar-refractivity contribution in [2.75, 3.05) is 0 Å². The molecule has 1 atom stereocenters. The van der Waals surface area contributed by atoms with Crippen LogP contribution in [-0.4, -0.2) is 56.8 Å². The number of aromatic amines is 1. The third-order valence-corrected chi connectivity index (χ3v) is 12.6. The number of carbonyl (C=O) groups excluding carboxylic acids is 2. The molecule has 0 saturated heterocycles. The second kappa shape index (κ2) is 13.0. The van der Waals surface area contributed by atoms with Gasteiger partial charge in [-0.1, -0.05) is 81.0 Å². The summed E-state index contributed by atoms with van der Waals surface area (Å²) in [4.78, 5) is 34.9. The lowest BCUT2D eigenvalue weighted by molar-refractivity contribution is -0.133. The maximum atomic E-state index is 14.6. The Kier molecular flexibility index (Phi) is 9.59. The average molecular weight is 669 g/mol. The van der Waals surface area contributed by atoms with Crippen molar-refractivity contribution in [1.82, 2.24) is 30.8 Å². The van der Waals surface area contributed by atoms with Crippen molar-refractivity contribution >= 4 is 48.8 Å². The summed E-state index contributed by atoms with van der Waals surface area (Å²) >= 11 is 12.8. The molecule has 9 nitrogen and oxygen atoms in total. The maximum absolute atomic E-state index is 14.6. The third kappa shape index (κ3) is 7.66. The van der Waals surface area contributed by atoms with Crippen LogP contribution >= 0.6 is 23.2 Å². The van der Waals surface area contributed by atoms with Gasteiger partial charge in [-0.25, -0.2) is 0 Å². The summed E-state index contributed by atoms with van der Waals surface area (Å²) < 4.78 is 0. The number of halogens is 2. The van der Waals surface area contributed by atoms with Crippen molar-refractivity contribution in [2.45, 2.75) is 103 Å². The number of hydrogen-bond acceptors (Lipinski definition) is 6. The number of nitrogens with one attached hydrogen (secondary N) is 2. The molecule has 240 valence electrons. The van der Waals surface area contributed by atoms with E-state index in [4.69, 9.17) is 28.2 Å². The quantitative estimate of drug-likeness (QED) is 0.228. The summed E-state index contributed by atoms with van der Waals surface area (Å²) in [6.45, 7) is 14.1. The molecule has 0 bridgehead atoms. The summed E-state index contributed by atoms with van der Waals surface area (Å²) in [6, 6.07) is 12.6. The van der Waals surface area contributed by atoms with Crippen molar-refractivity contribution < 1.29 is 9.59 Å². The number of benzene rings is 2. The monoisotopic (exact) mass is 667 g/mol. The van der Waals surface area contributed by atoms with Gasteiger partial charge in [0.15, 0.2) is 5.82 Å². The number of aromatic nitrogens is 4. The van der Waals surface area contributed by atoms with E-state index in [1.165, 1.54) is 0 Å². The lowest BCUT2D eigenvalue weighted by Gasteiger charge is -2.47. The van der Waals surface area contributed by atoms with Crippen LogP contribution in [0.5, 0.6) is 0 Å². The fourth-order valence-electron chi connectivity index (χ4n) is 6.61. The van der Waals surface area contributed by atoms with Gasteiger partial charge in [-0.2, -0.15) is 5.21 Å². The normalized spacial score (nSPS) is 21.2. The van der Waals surface area contributed by atoms with Gasteiger partial charge in [0.25, 0.3) is 11.8 Å². The van der Waals surface area contributed by atoms with Crippen LogP contribution in [0.1, 0.15) is 92.6 Å². The van der Waals surface area contributed by atoms with Gasteiger partial charge >= 0.3 is 0 Å². The smallest absolute Gasteiger partial charge is 0.275 e. The van der Waals surface area contributed by atoms with Gasteiger partial charge in [-0.05, 0) is 85.4 Å². The highest BCUT2D eigenvalue weighted by atomic mass is 35.5. The number of tetrazole rings is 1. The van der Waals surface area contributed by atoms with E-state index < -0.39 is 13.7 Å². The molecule has 3 aromatic rings. The van der Waals surface area contributed by atoms with E-state index in [-0.39, 0.29) is 29.8 Å². The summed E-state index contributed by atoms with van der Waals surface area (Å²) in [6.07, 6.45) is 5.37. The third-order valence-electron chi connectivity index (χ3n) is 9.17. The molecule has 12 heteroatoms. The molecular weight excluding hydrogens is 625 g/mol. The number of carbonyl (C=O) groups is 2. The van der Waals surface area contributed by atoms with Gasteiger partial charge in [-0.15, -0.1) is 10.2 Å². The van der Waals surface area contributed by atoms with E-state index in [0.717, 1.165) is 44.1 Å². The molecule has 2 aliphatic rings. The van der Waals surface area contributed by atoms with E-state index in [1.807, 2.05) is 24.3 Å². The van der Waals surface area contributed by atoms with E-state index in [0.29, 0.717) is 38.2 Å². The minimum Gasteiger partial charge on any atom is -0.345 e. The minimum atomic E-state index is -1.37. The molecule has 1 spiro atoms. The fourth-order valence-corrected chi connectivity index (χ4v) is 9.16. The van der Waals surface area contributed by atoms with E-state index >= 15 is 0 Å². The minimum absolute atomic E-state index is 0.0584. The molecule has 0 radical (unpaired) electrons. The van der Waals surface area contributed by atoms with Crippen molar-refractivity contribution in [3.8, 4) is 0 Å². The number of rotatable bonds is 9. The van der Waals surface area contributed by atoms with Crippen molar-refractivity contribution in [1.29, 1.82) is 0 Å². The number of amides is 2. The Bertz CT molecular complexity index is 1530. The van der Waals surface area contributed by atoms with Gasteiger partial charge < -0.3 is 10.2 Å². The van der Waals surface area contributed by atoms with Gasteiger partial charge in [0.05, 0.1) is 12.6 Å². The summed E-state index contributed by atoms with van der Waals surface area (Å²) in [7, 11) is -1.37. The lowest BCUT2D eigenvalue weighted by Crippen LogP contribution is -2.51. The second-order valence-corrected chi connectivity index (χ2v) is 21.1. The number of hydrogen-bond donors (Lipinski definition) is 2. The van der Waals surface area contributed by atoms with Gasteiger partial charge in [0.2, 0.25) is 0 Å². The van der Waals surface area contributed by atoms with Crippen LogP contribution in [0.15, 0.2) is 47.5 Å². The summed E-state index contributed by atoms with van der Waals surface area (Å²) in [5, 5.41) is 17.5. The number of H-pyrrole nitrogens is 1. The molecule has 2 aromatic carbocycles. The molecule has 5 rings (SSSR count). The Morgan fingerprint density at radius 1 is 1.09 bits per heavy atom. The molecule has 2 amide bonds. The van der Waals surface area contributed by atoms with Crippen LogP contribution in [0.2, 0.25) is 35.2 Å². The highest BCUT2D eigenvalue weighted by molar-refractivity contribution is 6.77. The molecule has 1 saturated carbocycles. The topological polar surface area (TPSA) is 116 Å². The second-order valence-electron chi connectivity index (χ2n) is 14.7. The summed E-state index contributed by atoms with van der Waals surface area (Å²) in [5.41, 5.74) is 2.65. The predicted octanol–water partition coefficient (Wildman–Crippen LogP) is 7.61. The zero-order valence-electron chi connectivity index (χ0n) is 27.0. The van der Waals surface area contributed by atoms with Crippen LogP contribution in [0.3, 0.4) is 0 Å². The molecule has 0 unspecified atom stereocenters. The number of aliphatic imine (C=N–C) groups is 1. The Hall–Kier alpha value is -3.08. The predicted molar refractivity (Wildman–Crippen MR) is 181 cm³/mol. The van der Waals surface area contributed by atoms with Crippen LogP contribution in [-0.2, 0) is 11.3 Å². The van der Waals surface area contributed by atoms with Crippen molar-refractivity contribution in [3.63, 3.8) is 0 Å². The van der Waals surface area contributed by atoms with E-state index in [1.54, 1.807) is 18.2 Å². The molecule has 1 aliphatic carbocycles. The standard InChI is InChI=1S/C33H43Cl2N7O2Si/c1-32(2,3)14-13-27(21-7-9-22(10-8-21)30(43)36-20-28-38-40-41-39-28)42-31(44)29(23-17-24(34)19-25(35)18-23)37-33(42)15-11-26(12-16-33)45(4,5)6/h7-10,17-19,26-27H,11-16,20H2,1-6H3,(H,36,43)(H,38,39,40,41)/t26?,27-,33?/m1/s1. The first-order valence-electron chi connectivity index (χ1n) is 15.7. The van der Waals surface area contributed by atoms with Gasteiger partial charge in [0, 0.05) is 29.2 Å².